The number of hydrogen-bond donors (Lipinski definition) is 0. The van der Waals surface area contributed by atoms with Crippen LogP contribution < -0.4 is 0 Å². The molecule has 0 saturated carbocycles. The van der Waals surface area contributed by atoms with E-state index in [2.05, 4.69) is 55.4 Å². The summed E-state index contributed by atoms with van der Waals surface area (Å²) in [6.07, 6.45) is 4.28. The van der Waals surface area contributed by atoms with Crippen molar-refractivity contribution in [3.63, 3.8) is 0 Å². The molecule has 0 atom stereocenters. The summed E-state index contributed by atoms with van der Waals surface area (Å²) in [5.41, 5.74) is 2.71. The smallest absolute Gasteiger partial charge is 0.0258 e. The van der Waals surface area contributed by atoms with E-state index in [0.29, 0.717) is 5.88 Å². The van der Waals surface area contributed by atoms with Crippen LogP contribution in [0.15, 0.2) is 36.4 Å². The Hall–Kier alpha value is -0.500. The second kappa shape index (κ2) is 9.52. The largest absolute Gasteiger partial charge is 0.309 e. The molecule has 0 N–H and O–H groups in total. The van der Waals surface area contributed by atoms with Gasteiger partial charge in [-0.05, 0) is 38.1 Å². The monoisotopic (exact) mass is 273 g/mol. The Morgan fingerprint density at radius 3 is 2.41 bits per heavy atom. The number of nitrogens with zero attached hydrogens (tertiary/aromatic N) is 1. The lowest BCUT2D eigenvalue weighted by Crippen LogP contribution is -2.13. The molecule has 1 aromatic carbocycles. The number of benzene rings is 1. The Labute approximate surface area is 116 Å². The molecule has 0 spiro atoms. The van der Waals surface area contributed by atoms with Crippen molar-refractivity contribution in [2.24, 2.45) is 0 Å². The van der Waals surface area contributed by atoms with Gasteiger partial charge < -0.3 is 4.90 Å². The molecule has 0 heterocycles. The molecule has 17 heavy (non-hydrogen) atoms. The molecule has 1 aromatic rings. The predicted molar refractivity (Wildman–Crippen MR) is 80.2 cm³/mol. The lowest BCUT2D eigenvalue weighted by molar-refractivity contribution is 0.419. The van der Waals surface area contributed by atoms with E-state index < -0.39 is 0 Å². The summed E-state index contributed by atoms with van der Waals surface area (Å²) in [6, 6.07) is 10.5. The summed E-state index contributed by atoms with van der Waals surface area (Å²) >= 11 is 5.74. The summed E-state index contributed by atoms with van der Waals surface area (Å²) in [4.78, 5) is 2.21. The minimum absolute atomic E-state index is 0. The summed E-state index contributed by atoms with van der Waals surface area (Å²) in [5.74, 6) is 0.693. The maximum absolute atomic E-state index is 5.74. The van der Waals surface area contributed by atoms with Crippen molar-refractivity contribution < 1.29 is 0 Å². The van der Waals surface area contributed by atoms with Crippen molar-refractivity contribution in [3.8, 4) is 0 Å². The summed E-state index contributed by atoms with van der Waals surface area (Å²) < 4.78 is 0. The molecule has 0 saturated heterocycles. The number of hydrogen-bond acceptors (Lipinski definition) is 1. The standard InChI is InChI=1S/C14H20ClN.ClH/c1-16(2)12-10-14(9-6-11-15)13-7-4-3-5-8-13;/h3-5,7-9H,6,10-12H2,1-2H3;1H. The van der Waals surface area contributed by atoms with Crippen molar-refractivity contribution in [2.75, 3.05) is 26.5 Å². The molecule has 0 amide bonds. The maximum atomic E-state index is 5.74. The second-order valence-electron chi connectivity index (χ2n) is 4.13. The Kier molecular flexibility index (Phi) is 9.24. The van der Waals surface area contributed by atoms with E-state index in [1.807, 2.05) is 0 Å². The van der Waals surface area contributed by atoms with Crippen molar-refractivity contribution in [1.29, 1.82) is 0 Å². The molecule has 96 valence electrons. The summed E-state index contributed by atoms with van der Waals surface area (Å²) in [6.45, 7) is 1.07. The topological polar surface area (TPSA) is 3.24 Å². The molecule has 0 aliphatic heterocycles. The van der Waals surface area contributed by atoms with Crippen LogP contribution in [-0.4, -0.2) is 31.4 Å². The summed E-state index contributed by atoms with van der Waals surface area (Å²) in [7, 11) is 4.20. The zero-order valence-corrected chi connectivity index (χ0v) is 12.1. The average molecular weight is 274 g/mol. The van der Waals surface area contributed by atoms with E-state index in [4.69, 9.17) is 11.6 Å². The quantitative estimate of drug-likeness (QED) is 0.707. The Bertz CT molecular complexity index is 320. The first kappa shape index (κ1) is 16.5. The van der Waals surface area contributed by atoms with Gasteiger partial charge in [-0.3, -0.25) is 0 Å². The zero-order valence-electron chi connectivity index (χ0n) is 10.5. The highest BCUT2D eigenvalue weighted by Gasteiger charge is 2.01. The van der Waals surface area contributed by atoms with Gasteiger partial charge in [0.2, 0.25) is 0 Å². The van der Waals surface area contributed by atoms with Crippen molar-refractivity contribution in [2.45, 2.75) is 12.8 Å². The Morgan fingerprint density at radius 2 is 1.88 bits per heavy atom. The molecule has 0 bridgehead atoms. The zero-order chi connectivity index (χ0) is 11.8. The van der Waals surface area contributed by atoms with E-state index in [9.17, 15) is 0 Å². The molecule has 3 heteroatoms. The van der Waals surface area contributed by atoms with Gasteiger partial charge >= 0.3 is 0 Å². The normalized spacial score (nSPS) is 11.4. The molecule has 0 aliphatic rings. The van der Waals surface area contributed by atoms with E-state index in [-0.39, 0.29) is 12.4 Å². The van der Waals surface area contributed by atoms with Crippen molar-refractivity contribution in [3.05, 3.63) is 42.0 Å². The fourth-order valence-electron chi connectivity index (χ4n) is 1.59. The highest BCUT2D eigenvalue weighted by atomic mass is 35.5. The summed E-state index contributed by atoms with van der Waals surface area (Å²) in [5, 5.41) is 0. The van der Waals surface area contributed by atoms with Gasteiger partial charge in [0.05, 0.1) is 0 Å². The van der Waals surface area contributed by atoms with E-state index in [0.717, 1.165) is 19.4 Å². The SMILES string of the molecule is CN(C)CCC(=CCCCl)c1ccccc1.Cl. The van der Waals surface area contributed by atoms with Crippen LogP contribution in [0.1, 0.15) is 18.4 Å². The van der Waals surface area contributed by atoms with Gasteiger partial charge in [-0.2, -0.15) is 0 Å². The molecule has 0 fully saturated rings. The van der Waals surface area contributed by atoms with Gasteiger partial charge in [-0.15, -0.1) is 24.0 Å². The lowest BCUT2D eigenvalue weighted by atomic mass is 10.0. The maximum Gasteiger partial charge on any atom is 0.0258 e. The van der Waals surface area contributed by atoms with Gasteiger partial charge in [0.25, 0.3) is 0 Å². The van der Waals surface area contributed by atoms with Crippen LogP contribution in [0, 0.1) is 0 Å². The number of rotatable bonds is 6. The third-order valence-corrected chi connectivity index (χ3v) is 2.69. The highest BCUT2D eigenvalue weighted by molar-refractivity contribution is 6.17. The minimum Gasteiger partial charge on any atom is -0.309 e. The fourth-order valence-corrected chi connectivity index (χ4v) is 1.70. The van der Waals surface area contributed by atoms with Crippen LogP contribution in [0.5, 0.6) is 0 Å². The van der Waals surface area contributed by atoms with Gasteiger partial charge in [0.15, 0.2) is 0 Å². The molecular weight excluding hydrogens is 253 g/mol. The molecule has 1 nitrogen and oxygen atoms in total. The van der Waals surface area contributed by atoms with Crippen LogP contribution in [0.2, 0.25) is 0 Å². The predicted octanol–water partition coefficient (Wildman–Crippen LogP) is 4.07. The van der Waals surface area contributed by atoms with Crippen LogP contribution in [0.25, 0.3) is 5.57 Å². The van der Waals surface area contributed by atoms with E-state index in [1.54, 1.807) is 0 Å². The highest BCUT2D eigenvalue weighted by Crippen LogP contribution is 2.18. The molecule has 0 aliphatic carbocycles. The number of allylic oxidation sites excluding steroid dienone is 1. The van der Waals surface area contributed by atoms with E-state index >= 15 is 0 Å². The third-order valence-electron chi connectivity index (χ3n) is 2.47. The van der Waals surface area contributed by atoms with Gasteiger partial charge in [0.1, 0.15) is 0 Å². The first-order chi connectivity index (χ1) is 7.74. The molecular formula is C14H21Cl2N. The molecule has 0 radical (unpaired) electrons. The number of halogens is 2. The van der Waals surface area contributed by atoms with Crippen LogP contribution in [0.4, 0.5) is 0 Å². The minimum atomic E-state index is 0. The van der Waals surface area contributed by atoms with Crippen LogP contribution in [0.3, 0.4) is 0 Å². The average Bonchev–Trinajstić information content (AvgIpc) is 2.30. The van der Waals surface area contributed by atoms with E-state index in [1.165, 1.54) is 11.1 Å². The third kappa shape index (κ3) is 6.72. The van der Waals surface area contributed by atoms with Gasteiger partial charge in [-0.1, -0.05) is 36.4 Å². The Morgan fingerprint density at radius 1 is 1.24 bits per heavy atom. The Balaban J connectivity index is 0.00000256. The van der Waals surface area contributed by atoms with Crippen LogP contribution >= 0.6 is 24.0 Å². The van der Waals surface area contributed by atoms with Crippen LogP contribution in [-0.2, 0) is 0 Å². The van der Waals surface area contributed by atoms with Gasteiger partial charge in [0, 0.05) is 12.4 Å². The molecule has 0 aromatic heterocycles. The molecule has 1 rings (SSSR count). The van der Waals surface area contributed by atoms with Crippen molar-refractivity contribution in [1.82, 2.24) is 4.90 Å². The van der Waals surface area contributed by atoms with Crippen molar-refractivity contribution >= 4 is 29.6 Å². The first-order valence-corrected chi connectivity index (χ1v) is 6.22. The molecule has 0 unspecified atom stereocenters. The number of alkyl halides is 1. The first-order valence-electron chi connectivity index (χ1n) is 5.69. The second-order valence-corrected chi connectivity index (χ2v) is 4.50. The lowest BCUT2D eigenvalue weighted by Gasteiger charge is -2.12. The fraction of sp³-hybridized carbons (Fsp3) is 0.429. The van der Waals surface area contributed by atoms with Gasteiger partial charge in [-0.25, -0.2) is 0 Å².